The van der Waals surface area contributed by atoms with Crippen LogP contribution in [0.4, 0.5) is 5.69 Å². The first-order valence-electron chi connectivity index (χ1n) is 6.86. The standard InChI is InChI=1S/C17H18N2O3/c1-18(2)11-10-15-12-16(8-9-17(15)19(20)21)22-13-14-6-4-3-5-7-14/h3-12H,13H2,1-2H3. The third kappa shape index (κ3) is 4.34. The molecule has 0 bridgehead atoms. The Morgan fingerprint density at radius 1 is 1.18 bits per heavy atom. The van der Waals surface area contributed by atoms with Gasteiger partial charge in [0.25, 0.3) is 5.69 Å². The Labute approximate surface area is 129 Å². The van der Waals surface area contributed by atoms with Crippen LogP contribution in [0.5, 0.6) is 5.75 Å². The molecular formula is C17H18N2O3. The molecule has 22 heavy (non-hydrogen) atoms. The van der Waals surface area contributed by atoms with E-state index in [0.717, 1.165) is 5.56 Å². The van der Waals surface area contributed by atoms with Crippen molar-refractivity contribution in [2.75, 3.05) is 14.1 Å². The van der Waals surface area contributed by atoms with E-state index in [1.54, 1.807) is 24.4 Å². The fraction of sp³-hybridized carbons (Fsp3) is 0.176. The summed E-state index contributed by atoms with van der Waals surface area (Å²) in [5.74, 6) is 0.604. The Balaban J connectivity index is 2.19. The molecule has 2 aromatic rings. The van der Waals surface area contributed by atoms with Gasteiger partial charge in [0.15, 0.2) is 0 Å². The molecule has 0 saturated heterocycles. The van der Waals surface area contributed by atoms with E-state index in [1.807, 2.05) is 49.3 Å². The normalized spacial score (nSPS) is 10.6. The fourth-order valence-corrected chi connectivity index (χ4v) is 1.89. The van der Waals surface area contributed by atoms with Crippen molar-refractivity contribution in [1.29, 1.82) is 0 Å². The number of rotatable bonds is 6. The van der Waals surface area contributed by atoms with E-state index in [0.29, 0.717) is 17.9 Å². The molecular weight excluding hydrogens is 280 g/mol. The molecule has 0 N–H and O–H groups in total. The van der Waals surface area contributed by atoms with Gasteiger partial charge in [0.2, 0.25) is 0 Å². The second kappa shape index (κ2) is 7.26. The van der Waals surface area contributed by atoms with E-state index >= 15 is 0 Å². The molecule has 0 radical (unpaired) electrons. The fourth-order valence-electron chi connectivity index (χ4n) is 1.89. The lowest BCUT2D eigenvalue weighted by Gasteiger charge is -2.08. The highest BCUT2D eigenvalue weighted by Gasteiger charge is 2.12. The number of benzene rings is 2. The second-order valence-electron chi connectivity index (χ2n) is 5.03. The lowest BCUT2D eigenvalue weighted by molar-refractivity contribution is -0.385. The van der Waals surface area contributed by atoms with Crippen LogP contribution in [0, 0.1) is 10.1 Å². The molecule has 0 aliphatic rings. The van der Waals surface area contributed by atoms with Gasteiger partial charge in [0, 0.05) is 20.2 Å². The van der Waals surface area contributed by atoms with Gasteiger partial charge in [-0.25, -0.2) is 0 Å². The summed E-state index contributed by atoms with van der Waals surface area (Å²) in [6, 6.07) is 14.5. The third-order valence-corrected chi connectivity index (χ3v) is 3.00. The molecule has 0 fully saturated rings. The molecule has 0 saturated carbocycles. The molecule has 2 rings (SSSR count). The van der Waals surface area contributed by atoms with Crippen LogP contribution in [0.1, 0.15) is 11.1 Å². The SMILES string of the molecule is CN(C)C=Cc1cc(OCc2ccccc2)ccc1[N+](=O)[O-]. The molecule has 0 aliphatic carbocycles. The predicted molar refractivity (Wildman–Crippen MR) is 86.6 cm³/mol. The minimum Gasteiger partial charge on any atom is -0.489 e. The first-order valence-corrected chi connectivity index (χ1v) is 6.86. The van der Waals surface area contributed by atoms with Gasteiger partial charge in [-0.05, 0) is 30.0 Å². The van der Waals surface area contributed by atoms with Crippen LogP contribution in [-0.4, -0.2) is 23.9 Å². The maximum absolute atomic E-state index is 11.1. The summed E-state index contributed by atoms with van der Waals surface area (Å²) in [7, 11) is 3.72. The molecule has 5 nitrogen and oxygen atoms in total. The van der Waals surface area contributed by atoms with Crippen molar-refractivity contribution >= 4 is 11.8 Å². The van der Waals surface area contributed by atoms with E-state index in [9.17, 15) is 10.1 Å². The van der Waals surface area contributed by atoms with Crippen molar-refractivity contribution in [3.8, 4) is 5.75 Å². The maximum atomic E-state index is 11.1. The van der Waals surface area contributed by atoms with E-state index < -0.39 is 4.92 Å². The lowest BCUT2D eigenvalue weighted by Crippen LogP contribution is -2.01. The van der Waals surface area contributed by atoms with Crippen LogP contribution >= 0.6 is 0 Å². The maximum Gasteiger partial charge on any atom is 0.276 e. The summed E-state index contributed by atoms with van der Waals surface area (Å²) < 4.78 is 5.70. The van der Waals surface area contributed by atoms with E-state index in [-0.39, 0.29) is 5.69 Å². The summed E-state index contributed by atoms with van der Waals surface area (Å²) >= 11 is 0. The van der Waals surface area contributed by atoms with Gasteiger partial charge >= 0.3 is 0 Å². The van der Waals surface area contributed by atoms with Crippen molar-refractivity contribution < 1.29 is 9.66 Å². The van der Waals surface area contributed by atoms with Crippen LogP contribution in [-0.2, 0) is 6.61 Å². The summed E-state index contributed by atoms with van der Waals surface area (Å²) in [6.45, 7) is 0.426. The van der Waals surface area contributed by atoms with Gasteiger partial charge in [-0.1, -0.05) is 30.3 Å². The molecule has 0 amide bonds. The zero-order chi connectivity index (χ0) is 15.9. The first-order chi connectivity index (χ1) is 10.6. The molecule has 114 valence electrons. The van der Waals surface area contributed by atoms with Crippen LogP contribution in [0.3, 0.4) is 0 Å². The second-order valence-corrected chi connectivity index (χ2v) is 5.03. The summed E-state index contributed by atoms with van der Waals surface area (Å²) in [6.07, 6.45) is 3.47. The number of nitrogens with zero attached hydrogens (tertiary/aromatic N) is 2. The van der Waals surface area contributed by atoms with Crippen LogP contribution in [0.25, 0.3) is 6.08 Å². The van der Waals surface area contributed by atoms with Crippen molar-refractivity contribution in [2.24, 2.45) is 0 Å². The Kier molecular flexibility index (Phi) is 5.14. The molecule has 0 aromatic heterocycles. The van der Waals surface area contributed by atoms with Crippen LogP contribution in [0.2, 0.25) is 0 Å². The summed E-state index contributed by atoms with van der Waals surface area (Å²) in [5.41, 5.74) is 1.63. The molecule has 0 heterocycles. The number of hydrogen-bond acceptors (Lipinski definition) is 4. The summed E-state index contributed by atoms with van der Waals surface area (Å²) in [4.78, 5) is 12.5. The lowest BCUT2D eigenvalue weighted by atomic mass is 10.1. The topological polar surface area (TPSA) is 55.6 Å². The molecule has 0 aliphatic heterocycles. The highest BCUT2D eigenvalue weighted by atomic mass is 16.6. The molecule has 0 unspecified atom stereocenters. The number of nitro groups is 1. The van der Waals surface area contributed by atoms with E-state index in [4.69, 9.17) is 4.74 Å². The minimum absolute atomic E-state index is 0.0603. The van der Waals surface area contributed by atoms with Crippen molar-refractivity contribution in [3.05, 3.63) is 76.0 Å². The van der Waals surface area contributed by atoms with E-state index in [1.165, 1.54) is 6.07 Å². The number of nitro benzene ring substituents is 1. The zero-order valence-corrected chi connectivity index (χ0v) is 12.6. The highest BCUT2D eigenvalue weighted by Crippen LogP contribution is 2.26. The van der Waals surface area contributed by atoms with Crippen LogP contribution in [0.15, 0.2) is 54.7 Å². The highest BCUT2D eigenvalue weighted by molar-refractivity contribution is 5.62. The quantitative estimate of drug-likeness (QED) is 0.602. The Bertz CT molecular complexity index is 667. The molecule has 0 atom stereocenters. The number of ether oxygens (including phenoxy) is 1. The zero-order valence-electron chi connectivity index (χ0n) is 12.6. The molecule has 2 aromatic carbocycles. The average molecular weight is 298 g/mol. The van der Waals surface area contributed by atoms with E-state index in [2.05, 4.69) is 0 Å². The summed E-state index contributed by atoms with van der Waals surface area (Å²) in [5, 5.41) is 11.1. The monoisotopic (exact) mass is 298 g/mol. The Hall–Kier alpha value is -2.82. The molecule has 5 heteroatoms. The van der Waals surface area contributed by atoms with Gasteiger partial charge in [-0.3, -0.25) is 10.1 Å². The van der Waals surface area contributed by atoms with Gasteiger partial charge < -0.3 is 9.64 Å². The first kappa shape index (κ1) is 15.6. The van der Waals surface area contributed by atoms with Crippen molar-refractivity contribution in [2.45, 2.75) is 6.61 Å². The largest absolute Gasteiger partial charge is 0.489 e. The number of hydrogen-bond donors (Lipinski definition) is 0. The Morgan fingerprint density at radius 2 is 1.91 bits per heavy atom. The average Bonchev–Trinajstić information content (AvgIpc) is 2.51. The van der Waals surface area contributed by atoms with Crippen molar-refractivity contribution in [1.82, 2.24) is 4.90 Å². The van der Waals surface area contributed by atoms with Crippen molar-refractivity contribution in [3.63, 3.8) is 0 Å². The van der Waals surface area contributed by atoms with Gasteiger partial charge in [-0.2, -0.15) is 0 Å². The van der Waals surface area contributed by atoms with Gasteiger partial charge in [0.05, 0.1) is 10.5 Å². The Morgan fingerprint density at radius 3 is 2.55 bits per heavy atom. The predicted octanol–water partition coefficient (Wildman–Crippen LogP) is 3.71. The molecule has 0 spiro atoms. The minimum atomic E-state index is -0.393. The van der Waals surface area contributed by atoms with Crippen LogP contribution < -0.4 is 4.74 Å². The third-order valence-electron chi connectivity index (χ3n) is 3.00. The van der Waals surface area contributed by atoms with Gasteiger partial charge in [0.1, 0.15) is 12.4 Å². The smallest absolute Gasteiger partial charge is 0.276 e. The van der Waals surface area contributed by atoms with Gasteiger partial charge in [-0.15, -0.1) is 0 Å².